The van der Waals surface area contributed by atoms with E-state index in [2.05, 4.69) is 17.6 Å². The van der Waals surface area contributed by atoms with Gasteiger partial charge in [0.15, 0.2) is 0 Å². The molecular weight excluding hydrogens is 338 g/mol. The predicted octanol–water partition coefficient (Wildman–Crippen LogP) is 4.17. The lowest BCUT2D eigenvalue weighted by Crippen LogP contribution is -2.16. The number of nitrogens with zero attached hydrogens (tertiary/aromatic N) is 1. The second-order valence-electron chi connectivity index (χ2n) is 6.15. The molecule has 0 aromatic heterocycles. The van der Waals surface area contributed by atoms with Crippen LogP contribution in [0.3, 0.4) is 0 Å². The van der Waals surface area contributed by atoms with Crippen molar-refractivity contribution in [3.05, 3.63) is 71.4 Å². The number of carbonyl (C=O) groups excluding carboxylic acids is 1. The van der Waals surface area contributed by atoms with Crippen molar-refractivity contribution < 1.29 is 9.53 Å². The Labute approximate surface area is 160 Å². The standard InChI is InChI=1S/C22H25N3O2/c1-3-4-5-17-6-10-20(11-7-17)25-22(26)19(14-23)16-24-15-18-8-12-21(27-2)13-9-18/h6-13,16,24H,3-5,15H2,1-2H3,(H,25,26)/b19-16-. The van der Waals surface area contributed by atoms with E-state index in [0.717, 1.165) is 30.6 Å². The van der Waals surface area contributed by atoms with Crippen molar-refractivity contribution in [1.29, 1.82) is 5.26 Å². The fraction of sp³-hybridized carbons (Fsp3) is 0.273. The molecule has 0 spiro atoms. The van der Waals surface area contributed by atoms with Gasteiger partial charge in [0, 0.05) is 18.4 Å². The zero-order valence-corrected chi connectivity index (χ0v) is 15.8. The number of rotatable bonds is 9. The van der Waals surface area contributed by atoms with E-state index in [1.54, 1.807) is 7.11 Å². The Kier molecular flexibility index (Phi) is 7.92. The minimum atomic E-state index is -0.430. The van der Waals surface area contributed by atoms with Crippen molar-refractivity contribution in [1.82, 2.24) is 5.32 Å². The zero-order chi connectivity index (χ0) is 19.5. The summed E-state index contributed by atoms with van der Waals surface area (Å²) >= 11 is 0. The fourth-order valence-electron chi connectivity index (χ4n) is 2.50. The first-order chi connectivity index (χ1) is 13.2. The Morgan fingerprint density at radius 3 is 2.37 bits per heavy atom. The lowest BCUT2D eigenvalue weighted by atomic mass is 10.1. The van der Waals surface area contributed by atoms with Crippen LogP contribution in [0, 0.1) is 11.3 Å². The third-order valence-corrected chi connectivity index (χ3v) is 4.11. The van der Waals surface area contributed by atoms with E-state index in [4.69, 9.17) is 4.74 Å². The number of aryl methyl sites for hydroxylation is 1. The maximum atomic E-state index is 12.3. The molecule has 0 aliphatic carbocycles. The van der Waals surface area contributed by atoms with Gasteiger partial charge in [0.1, 0.15) is 17.4 Å². The summed E-state index contributed by atoms with van der Waals surface area (Å²) < 4.78 is 5.12. The Balaban J connectivity index is 1.90. The molecule has 0 unspecified atom stereocenters. The normalized spacial score (nSPS) is 10.8. The van der Waals surface area contributed by atoms with Crippen LogP contribution in [-0.4, -0.2) is 13.0 Å². The highest BCUT2D eigenvalue weighted by Gasteiger charge is 2.09. The Morgan fingerprint density at radius 2 is 1.78 bits per heavy atom. The maximum Gasteiger partial charge on any atom is 0.267 e. The number of benzene rings is 2. The topological polar surface area (TPSA) is 74.2 Å². The van der Waals surface area contributed by atoms with Crippen LogP contribution in [0.2, 0.25) is 0 Å². The van der Waals surface area contributed by atoms with Crippen molar-refractivity contribution >= 4 is 11.6 Å². The first kappa shape index (κ1) is 20.1. The first-order valence-corrected chi connectivity index (χ1v) is 9.03. The quantitative estimate of drug-likeness (QED) is 0.518. The molecule has 0 saturated carbocycles. The van der Waals surface area contributed by atoms with Crippen LogP contribution in [0.4, 0.5) is 5.69 Å². The van der Waals surface area contributed by atoms with Gasteiger partial charge in [-0.25, -0.2) is 0 Å². The van der Waals surface area contributed by atoms with E-state index in [1.165, 1.54) is 11.8 Å². The molecule has 0 atom stereocenters. The molecule has 1 amide bonds. The number of carbonyl (C=O) groups is 1. The van der Waals surface area contributed by atoms with Gasteiger partial charge in [-0.1, -0.05) is 37.6 Å². The van der Waals surface area contributed by atoms with Crippen LogP contribution in [0.15, 0.2) is 60.3 Å². The molecule has 140 valence electrons. The van der Waals surface area contributed by atoms with Gasteiger partial charge in [-0.3, -0.25) is 4.79 Å². The van der Waals surface area contributed by atoms with E-state index < -0.39 is 5.91 Å². The van der Waals surface area contributed by atoms with E-state index in [9.17, 15) is 10.1 Å². The van der Waals surface area contributed by atoms with E-state index in [1.807, 2.05) is 54.6 Å². The van der Waals surface area contributed by atoms with Gasteiger partial charge in [0.05, 0.1) is 7.11 Å². The molecule has 2 aromatic rings. The highest BCUT2D eigenvalue weighted by molar-refractivity contribution is 6.06. The number of anilines is 1. The highest BCUT2D eigenvalue weighted by Crippen LogP contribution is 2.13. The Hall–Kier alpha value is -3.26. The number of hydrogen-bond acceptors (Lipinski definition) is 4. The Bertz CT molecular complexity index is 803. The number of nitrogens with one attached hydrogen (secondary N) is 2. The number of amides is 1. The van der Waals surface area contributed by atoms with Gasteiger partial charge < -0.3 is 15.4 Å². The smallest absolute Gasteiger partial charge is 0.267 e. The summed E-state index contributed by atoms with van der Waals surface area (Å²) in [5.74, 6) is 0.355. The number of nitriles is 1. The average molecular weight is 363 g/mol. The molecule has 0 heterocycles. The zero-order valence-electron chi connectivity index (χ0n) is 15.8. The highest BCUT2D eigenvalue weighted by atomic mass is 16.5. The maximum absolute atomic E-state index is 12.3. The summed E-state index contributed by atoms with van der Waals surface area (Å²) in [6, 6.07) is 17.2. The van der Waals surface area contributed by atoms with E-state index in [0.29, 0.717) is 12.2 Å². The van der Waals surface area contributed by atoms with Gasteiger partial charge in [0.25, 0.3) is 5.91 Å². The molecule has 0 aliphatic rings. The summed E-state index contributed by atoms with van der Waals surface area (Å²) in [7, 11) is 1.62. The number of ether oxygens (including phenoxy) is 1. The molecule has 0 radical (unpaired) electrons. The van der Waals surface area contributed by atoms with Gasteiger partial charge >= 0.3 is 0 Å². The summed E-state index contributed by atoms with van der Waals surface area (Å²) in [6.07, 6.45) is 4.77. The average Bonchev–Trinajstić information content (AvgIpc) is 2.71. The van der Waals surface area contributed by atoms with Crippen molar-refractivity contribution in [2.24, 2.45) is 0 Å². The number of methoxy groups -OCH3 is 1. The molecule has 0 saturated heterocycles. The van der Waals surface area contributed by atoms with Crippen molar-refractivity contribution in [2.45, 2.75) is 32.7 Å². The SMILES string of the molecule is CCCCc1ccc(NC(=O)/C(C#N)=C\NCc2ccc(OC)cc2)cc1. The molecule has 27 heavy (non-hydrogen) atoms. The van der Waals surface area contributed by atoms with Crippen molar-refractivity contribution in [2.75, 3.05) is 12.4 Å². The fourth-order valence-corrected chi connectivity index (χ4v) is 2.50. The minimum absolute atomic E-state index is 0.0265. The van der Waals surface area contributed by atoms with E-state index >= 15 is 0 Å². The number of hydrogen-bond donors (Lipinski definition) is 2. The van der Waals surface area contributed by atoms with Crippen LogP contribution >= 0.6 is 0 Å². The number of unbranched alkanes of at least 4 members (excludes halogenated alkanes) is 1. The molecule has 0 fully saturated rings. The molecule has 5 nitrogen and oxygen atoms in total. The van der Waals surface area contributed by atoms with Crippen molar-refractivity contribution in [3.63, 3.8) is 0 Å². The minimum Gasteiger partial charge on any atom is -0.497 e. The van der Waals surface area contributed by atoms with Crippen molar-refractivity contribution in [3.8, 4) is 11.8 Å². The summed E-state index contributed by atoms with van der Waals surface area (Å²) in [4.78, 5) is 12.3. The Morgan fingerprint density at radius 1 is 1.11 bits per heavy atom. The van der Waals surface area contributed by atoms with Crippen LogP contribution in [0.25, 0.3) is 0 Å². The molecule has 2 N–H and O–H groups in total. The molecule has 5 heteroatoms. The molecule has 2 aromatic carbocycles. The lowest BCUT2D eigenvalue weighted by Gasteiger charge is -2.07. The van der Waals surface area contributed by atoms with Crippen LogP contribution in [0.5, 0.6) is 5.75 Å². The second kappa shape index (κ2) is 10.7. The molecule has 2 rings (SSSR count). The van der Waals surface area contributed by atoms with Crippen LogP contribution in [0.1, 0.15) is 30.9 Å². The van der Waals surface area contributed by atoms with Gasteiger partial charge in [-0.2, -0.15) is 5.26 Å². The third-order valence-electron chi connectivity index (χ3n) is 4.11. The summed E-state index contributed by atoms with van der Waals surface area (Å²) in [6.45, 7) is 2.67. The van der Waals surface area contributed by atoms with E-state index in [-0.39, 0.29) is 5.57 Å². The third kappa shape index (κ3) is 6.52. The van der Waals surface area contributed by atoms with Gasteiger partial charge in [-0.15, -0.1) is 0 Å². The second-order valence-corrected chi connectivity index (χ2v) is 6.15. The van der Waals surface area contributed by atoms with Crippen LogP contribution < -0.4 is 15.4 Å². The first-order valence-electron chi connectivity index (χ1n) is 9.03. The largest absolute Gasteiger partial charge is 0.497 e. The van der Waals surface area contributed by atoms with Crippen LogP contribution in [-0.2, 0) is 17.8 Å². The lowest BCUT2D eigenvalue weighted by molar-refractivity contribution is -0.112. The predicted molar refractivity (Wildman–Crippen MR) is 107 cm³/mol. The summed E-state index contributed by atoms with van der Waals surface area (Å²) in [5.41, 5.74) is 2.97. The van der Waals surface area contributed by atoms with Gasteiger partial charge in [0.2, 0.25) is 0 Å². The molecule has 0 aliphatic heterocycles. The molecule has 0 bridgehead atoms. The monoisotopic (exact) mass is 363 g/mol. The summed E-state index contributed by atoms with van der Waals surface area (Å²) in [5, 5.41) is 15.0. The van der Waals surface area contributed by atoms with Gasteiger partial charge in [-0.05, 0) is 48.2 Å². The molecular formula is C22H25N3O2.